The minimum Gasteiger partial charge on any atom is -0.113 e. The molecule has 0 aliphatic heterocycles. The fourth-order valence-electron chi connectivity index (χ4n) is 0.823. The molecular formula is C12H12S. The second kappa shape index (κ2) is 5.50. The third kappa shape index (κ3) is 4.45. The van der Waals surface area contributed by atoms with Crippen LogP contribution in [0.3, 0.4) is 0 Å². The van der Waals surface area contributed by atoms with E-state index in [1.807, 2.05) is 25.1 Å². The van der Waals surface area contributed by atoms with Crippen molar-refractivity contribution in [1.82, 2.24) is 0 Å². The largest absolute Gasteiger partial charge is 0.113 e. The molecule has 0 bridgehead atoms. The van der Waals surface area contributed by atoms with Gasteiger partial charge in [0.2, 0.25) is 0 Å². The zero-order valence-corrected chi connectivity index (χ0v) is 8.53. The summed E-state index contributed by atoms with van der Waals surface area (Å²) in [7, 11) is 0. The molecule has 0 heterocycles. The number of hydrogen-bond acceptors (Lipinski definition) is 1. The Kier molecular flexibility index (Phi) is 4.21. The van der Waals surface area contributed by atoms with Gasteiger partial charge in [0.05, 0.1) is 5.75 Å². The lowest BCUT2D eigenvalue weighted by molar-refractivity contribution is 1.46. The Balaban J connectivity index is 2.37. The molecule has 0 amide bonds. The zero-order valence-electron chi connectivity index (χ0n) is 7.71. The van der Waals surface area contributed by atoms with Crippen LogP contribution in [-0.4, -0.2) is 5.75 Å². The first kappa shape index (κ1) is 9.95. The molecule has 0 aliphatic rings. The molecule has 13 heavy (non-hydrogen) atoms. The number of rotatable bonds is 2. The van der Waals surface area contributed by atoms with Gasteiger partial charge in [-0.25, -0.2) is 0 Å². The summed E-state index contributed by atoms with van der Waals surface area (Å²) in [5, 5.41) is 0. The smallest absolute Gasteiger partial charge is 0.0598 e. The summed E-state index contributed by atoms with van der Waals surface area (Å²) >= 11 is 1.75. The van der Waals surface area contributed by atoms with E-state index in [9.17, 15) is 0 Å². The lowest BCUT2D eigenvalue weighted by atomic mass is 10.4. The maximum atomic E-state index is 3.72. The van der Waals surface area contributed by atoms with Crippen LogP contribution < -0.4 is 0 Å². The summed E-state index contributed by atoms with van der Waals surface area (Å²) < 4.78 is 0. The van der Waals surface area contributed by atoms with Crippen LogP contribution in [0.2, 0.25) is 0 Å². The molecule has 0 unspecified atom stereocenters. The van der Waals surface area contributed by atoms with Gasteiger partial charge in [-0.15, -0.1) is 11.8 Å². The van der Waals surface area contributed by atoms with Crippen LogP contribution in [0.25, 0.3) is 0 Å². The Morgan fingerprint density at radius 3 is 2.69 bits per heavy atom. The van der Waals surface area contributed by atoms with Crippen LogP contribution in [0.4, 0.5) is 0 Å². The molecule has 0 nitrogen and oxygen atoms in total. The molecule has 66 valence electrons. The molecule has 1 aromatic carbocycles. The third-order valence-electron chi connectivity index (χ3n) is 1.36. The standard InChI is InChI=1S/C12H12S/c1-11(2)7-6-10-13-12-8-4-3-5-9-12/h3-5,8-9H,1,10H2,2H3. The summed E-state index contributed by atoms with van der Waals surface area (Å²) in [6.07, 6.45) is 0. The first-order valence-electron chi connectivity index (χ1n) is 4.11. The van der Waals surface area contributed by atoms with E-state index in [-0.39, 0.29) is 0 Å². The van der Waals surface area contributed by atoms with Crippen molar-refractivity contribution in [3.63, 3.8) is 0 Å². The van der Waals surface area contributed by atoms with Gasteiger partial charge < -0.3 is 0 Å². The highest BCUT2D eigenvalue weighted by Crippen LogP contribution is 2.15. The maximum absolute atomic E-state index is 3.72. The molecule has 1 rings (SSSR count). The summed E-state index contributed by atoms with van der Waals surface area (Å²) in [6, 6.07) is 10.3. The zero-order chi connectivity index (χ0) is 9.52. The van der Waals surface area contributed by atoms with Crippen LogP contribution >= 0.6 is 11.8 Å². The van der Waals surface area contributed by atoms with Crippen molar-refractivity contribution >= 4 is 11.8 Å². The molecule has 1 heteroatoms. The molecule has 0 saturated heterocycles. The van der Waals surface area contributed by atoms with Gasteiger partial charge in [-0.05, 0) is 24.6 Å². The first-order chi connectivity index (χ1) is 6.29. The van der Waals surface area contributed by atoms with Crippen LogP contribution in [0.15, 0.2) is 47.4 Å². The molecular weight excluding hydrogens is 176 g/mol. The van der Waals surface area contributed by atoms with Crippen LogP contribution in [0, 0.1) is 11.8 Å². The summed E-state index contributed by atoms with van der Waals surface area (Å²) in [6.45, 7) is 5.63. The van der Waals surface area contributed by atoms with Gasteiger partial charge in [-0.2, -0.15) is 0 Å². The summed E-state index contributed by atoms with van der Waals surface area (Å²) in [5.41, 5.74) is 0.925. The molecule has 0 saturated carbocycles. The van der Waals surface area contributed by atoms with E-state index in [2.05, 4.69) is 30.6 Å². The van der Waals surface area contributed by atoms with Gasteiger partial charge in [0, 0.05) is 4.90 Å². The Morgan fingerprint density at radius 2 is 2.08 bits per heavy atom. The molecule has 0 N–H and O–H groups in total. The van der Waals surface area contributed by atoms with Crippen LogP contribution in [0.5, 0.6) is 0 Å². The molecule has 0 spiro atoms. The van der Waals surface area contributed by atoms with E-state index in [0.717, 1.165) is 11.3 Å². The second-order valence-electron chi connectivity index (χ2n) is 2.68. The number of benzene rings is 1. The first-order valence-corrected chi connectivity index (χ1v) is 5.10. The average Bonchev–Trinajstić information content (AvgIpc) is 2.14. The quantitative estimate of drug-likeness (QED) is 0.506. The SMILES string of the molecule is C=C(C)C#CCSc1ccccc1. The molecule has 0 radical (unpaired) electrons. The van der Waals surface area contributed by atoms with Crippen molar-refractivity contribution in [2.45, 2.75) is 11.8 Å². The topological polar surface area (TPSA) is 0 Å². The predicted octanol–water partition coefficient (Wildman–Crippen LogP) is 3.36. The van der Waals surface area contributed by atoms with E-state index >= 15 is 0 Å². The summed E-state index contributed by atoms with van der Waals surface area (Å²) in [5.74, 6) is 6.83. The van der Waals surface area contributed by atoms with Gasteiger partial charge in [0.1, 0.15) is 0 Å². The van der Waals surface area contributed by atoms with Gasteiger partial charge >= 0.3 is 0 Å². The highest BCUT2D eigenvalue weighted by atomic mass is 32.2. The maximum Gasteiger partial charge on any atom is 0.0598 e. The van der Waals surface area contributed by atoms with Crippen molar-refractivity contribution in [3.8, 4) is 11.8 Å². The third-order valence-corrected chi connectivity index (χ3v) is 2.25. The number of allylic oxidation sites excluding steroid dienone is 1. The molecule has 0 aliphatic carbocycles. The Bertz CT molecular complexity index is 327. The second-order valence-corrected chi connectivity index (χ2v) is 3.73. The lowest BCUT2D eigenvalue weighted by Gasteiger charge is -1.94. The monoisotopic (exact) mass is 188 g/mol. The lowest BCUT2D eigenvalue weighted by Crippen LogP contribution is -1.73. The van der Waals surface area contributed by atoms with Crippen LogP contribution in [-0.2, 0) is 0 Å². The average molecular weight is 188 g/mol. The Morgan fingerprint density at radius 1 is 1.38 bits per heavy atom. The van der Waals surface area contributed by atoms with Gasteiger partial charge in [0.25, 0.3) is 0 Å². The van der Waals surface area contributed by atoms with Crippen molar-refractivity contribution in [2.75, 3.05) is 5.75 Å². The number of thioether (sulfide) groups is 1. The van der Waals surface area contributed by atoms with Gasteiger partial charge in [-0.1, -0.05) is 36.6 Å². The minimum atomic E-state index is 0.830. The molecule has 0 atom stereocenters. The van der Waals surface area contributed by atoms with Crippen molar-refractivity contribution in [3.05, 3.63) is 42.5 Å². The van der Waals surface area contributed by atoms with Gasteiger partial charge in [-0.3, -0.25) is 0 Å². The predicted molar refractivity (Wildman–Crippen MR) is 59.8 cm³/mol. The fraction of sp³-hybridized carbons (Fsp3) is 0.167. The fourth-order valence-corrected chi connectivity index (χ4v) is 1.48. The van der Waals surface area contributed by atoms with Crippen molar-refractivity contribution in [1.29, 1.82) is 0 Å². The Hall–Kier alpha value is -1.13. The van der Waals surface area contributed by atoms with E-state index < -0.39 is 0 Å². The molecule has 1 aromatic rings. The van der Waals surface area contributed by atoms with E-state index in [4.69, 9.17) is 0 Å². The Labute approximate surface area is 84.1 Å². The van der Waals surface area contributed by atoms with E-state index in [1.165, 1.54) is 4.90 Å². The molecule has 0 fully saturated rings. The normalized spacial score (nSPS) is 8.69. The van der Waals surface area contributed by atoms with Crippen LogP contribution in [0.1, 0.15) is 6.92 Å². The highest BCUT2D eigenvalue weighted by Gasteiger charge is 1.87. The summed E-state index contributed by atoms with van der Waals surface area (Å²) in [4.78, 5) is 1.26. The van der Waals surface area contributed by atoms with Crippen molar-refractivity contribution < 1.29 is 0 Å². The number of hydrogen-bond donors (Lipinski definition) is 0. The van der Waals surface area contributed by atoms with Crippen molar-refractivity contribution in [2.24, 2.45) is 0 Å². The van der Waals surface area contributed by atoms with E-state index in [1.54, 1.807) is 11.8 Å². The van der Waals surface area contributed by atoms with E-state index in [0.29, 0.717) is 0 Å². The van der Waals surface area contributed by atoms with Gasteiger partial charge in [0.15, 0.2) is 0 Å². The molecule has 0 aromatic heterocycles. The minimum absolute atomic E-state index is 0.830. The highest BCUT2D eigenvalue weighted by molar-refractivity contribution is 7.99.